The molecule has 1 saturated heterocycles. The Balaban J connectivity index is 1.61. The lowest BCUT2D eigenvalue weighted by molar-refractivity contribution is -0.133. The van der Waals surface area contributed by atoms with Gasteiger partial charge in [0.15, 0.2) is 6.61 Å². The number of carbonyl (C=O) groups is 1. The summed E-state index contributed by atoms with van der Waals surface area (Å²) in [5.41, 5.74) is 1.20. The number of nitrogens with zero attached hydrogens (tertiary/aromatic N) is 5. The number of likely N-dealkylation sites (tertiary alicyclic amines) is 1. The number of likely N-dealkylation sites (N-methyl/N-ethyl adjacent to an activating group) is 1. The van der Waals surface area contributed by atoms with Crippen molar-refractivity contribution in [3.05, 3.63) is 42.5 Å². The van der Waals surface area contributed by atoms with Crippen molar-refractivity contribution in [2.45, 2.75) is 18.9 Å². The zero-order chi connectivity index (χ0) is 18.5. The normalized spacial score (nSPS) is 20.7. The van der Waals surface area contributed by atoms with E-state index in [1.807, 2.05) is 25.0 Å². The molecule has 26 heavy (non-hydrogen) atoms. The third-order valence-corrected chi connectivity index (χ3v) is 5.10. The van der Waals surface area contributed by atoms with E-state index in [2.05, 4.69) is 28.1 Å². The Kier molecular flexibility index (Phi) is 5.88. The summed E-state index contributed by atoms with van der Waals surface area (Å²) in [4.78, 5) is 20.6. The van der Waals surface area contributed by atoms with Crippen LogP contribution < -0.4 is 4.74 Å². The van der Waals surface area contributed by atoms with Crippen LogP contribution in [0.25, 0.3) is 0 Å². The molecule has 2 aromatic rings. The van der Waals surface area contributed by atoms with Crippen LogP contribution in [0.5, 0.6) is 5.75 Å². The van der Waals surface area contributed by atoms with Crippen molar-refractivity contribution >= 4 is 5.91 Å². The van der Waals surface area contributed by atoms with Gasteiger partial charge in [-0.1, -0.05) is 0 Å². The predicted molar refractivity (Wildman–Crippen MR) is 98.7 cm³/mol. The first-order chi connectivity index (χ1) is 12.6. The first-order valence-electron chi connectivity index (χ1n) is 9.01. The standard InChI is InChI=1S/C19H27N5O2/c1-22-11-5-6-15(19(22)17-8-10-21-24(17)3)13-23(2)18(25)14-26-16-7-4-9-20-12-16/h4,7-10,12,15,19H,5-6,11,13-14H2,1-3H3/t15-,19+/m0/s1. The number of piperidine rings is 1. The maximum Gasteiger partial charge on any atom is 0.260 e. The number of hydrogen-bond acceptors (Lipinski definition) is 5. The molecular weight excluding hydrogens is 330 g/mol. The van der Waals surface area contributed by atoms with Crippen molar-refractivity contribution in [2.75, 3.05) is 33.8 Å². The summed E-state index contributed by atoms with van der Waals surface area (Å²) in [7, 11) is 5.98. The van der Waals surface area contributed by atoms with Crippen LogP contribution in [0.2, 0.25) is 0 Å². The molecule has 0 N–H and O–H groups in total. The van der Waals surface area contributed by atoms with Gasteiger partial charge in [-0.3, -0.25) is 19.4 Å². The van der Waals surface area contributed by atoms with Crippen molar-refractivity contribution in [2.24, 2.45) is 13.0 Å². The van der Waals surface area contributed by atoms with Crippen molar-refractivity contribution in [1.82, 2.24) is 24.6 Å². The molecule has 0 aliphatic carbocycles. The van der Waals surface area contributed by atoms with Gasteiger partial charge in [0.25, 0.3) is 5.91 Å². The molecule has 0 spiro atoms. The Morgan fingerprint density at radius 3 is 2.88 bits per heavy atom. The average molecular weight is 357 g/mol. The molecule has 2 atom stereocenters. The molecule has 0 aromatic carbocycles. The second-order valence-electron chi connectivity index (χ2n) is 6.96. The molecule has 3 rings (SSSR count). The second-order valence-corrected chi connectivity index (χ2v) is 6.96. The van der Waals surface area contributed by atoms with Gasteiger partial charge in [-0.05, 0) is 50.6 Å². The topological polar surface area (TPSA) is 63.5 Å². The monoisotopic (exact) mass is 357 g/mol. The number of aromatic nitrogens is 3. The lowest BCUT2D eigenvalue weighted by atomic mass is 9.87. The van der Waals surface area contributed by atoms with E-state index < -0.39 is 0 Å². The van der Waals surface area contributed by atoms with Gasteiger partial charge in [-0.2, -0.15) is 5.10 Å². The predicted octanol–water partition coefficient (Wildman–Crippen LogP) is 1.74. The Labute approximate surface area is 154 Å². The maximum atomic E-state index is 12.5. The smallest absolute Gasteiger partial charge is 0.260 e. The Bertz CT molecular complexity index is 718. The minimum absolute atomic E-state index is 0.0224. The van der Waals surface area contributed by atoms with Gasteiger partial charge >= 0.3 is 0 Å². The first kappa shape index (κ1) is 18.4. The van der Waals surface area contributed by atoms with Gasteiger partial charge in [-0.15, -0.1) is 0 Å². The van der Waals surface area contributed by atoms with E-state index in [1.165, 1.54) is 5.69 Å². The van der Waals surface area contributed by atoms with Crippen LogP contribution in [0, 0.1) is 5.92 Å². The Morgan fingerprint density at radius 2 is 2.19 bits per heavy atom. The minimum Gasteiger partial charge on any atom is -0.482 e. The van der Waals surface area contributed by atoms with E-state index in [4.69, 9.17) is 4.74 Å². The SMILES string of the molecule is CN(C[C@@H]1CCCN(C)[C@H]1c1ccnn1C)C(=O)COc1cccnc1. The fraction of sp³-hybridized carbons (Fsp3) is 0.526. The van der Waals surface area contributed by atoms with E-state index in [0.29, 0.717) is 18.2 Å². The molecule has 1 fully saturated rings. The number of ether oxygens (including phenoxy) is 1. The third kappa shape index (κ3) is 4.22. The molecule has 0 bridgehead atoms. The number of hydrogen-bond donors (Lipinski definition) is 0. The molecular formula is C19H27N5O2. The van der Waals surface area contributed by atoms with Crippen LogP contribution in [0.15, 0.2) is 36.8 Å². The molecule has 1 aliphatic heterocycles. The molecule has 1 amide bonds. The van der Waals surface area contributed by atoms with Crippen LogP contribution in [-0.2, 0) is 11.8 Å². The summed E-state index contributed by atoms with van der Waals surface area (Å²) in [6.07, 6.45) is 7.37. The fourth-order valence-corrected chi connectivity index (χ4v) is 3.73. The van der Waals surface area contributed by atoms with E-state index >= 15 is 0 Å². The molecule has 7 nitrogen and oxygen atoms in total. The number of aryl methyl sites for hydroxylation is 1. The Hall–Kier alpha value is -2.41. The highest BCUT2D eigenvalue weighted by Gasteiger charge is 2.33. The minimum atomic E-state index is -0.0224. The molecule has 1 aliphatic rings. The summed E-state index contributed by atoms with van der Waals surface area (Å²) in [6.45, 7) is 1.80. The van der Waals surface area contributed by atoms with Crippen molar-refractivity contribution in [1.29, 1.82) is 0 Å². The van der Waals surface area contributed by atoms with Crippen LogP contribution in [0.3, 0.4) is 0 Å². The van der Waals surface area contributed by atoms with Crippen molar-refractivity contribution in [3.8, 4) is 5.75 Å². The van der Waals surface area contributed by atoms with Crippen molar-refractivity contribution < 1.29 is 9.53 Å². The van der Waals surface area contributed by atoms with Gasteiger partial charge in [0, 0.05) is 33.0 Å². The number of pyridine rings is 1. The highest BCUT2D eigenvalue weighted by molar-refractivity contribution is 5.77. The fourth-order valence-electron chi connectivity index (χ4n) is 3.73. The summed E-state index contributed by atoms with van der Waals surface area (Å²) in [5.74, 6) is 0.960. The summed E-state index contributed by atoms with van der Waals surface area (Å²) in [6, 6.07) is 5.94. The summed E-state index contributed by atoms with van der Waals surface area (Å²) < 4.78 is 7.48. The van der Waals surface area contributed by atoms with Gasteiger partial charge in [-0.25, -0.2) is 0 Å². The maximum absolute atomic E-state index is 12.5. The summed E-state index contributed by atoms with van der Waals surface area (Å²) in [5, 5.41) is 4.32. The highest BCUT2D eigenvalue weighted by atomic mass is 16.5. The lowest BCUT2D eigenvalue weighted by Crippen LogP contribution is -2.44. The molecule has 3 heterocycles. The molecule has 140 valence electrons. The second kappa shape index (κ2) is 8.31. The van der Waals surface area contributed by atoms with Crippen molar-refractivity contribution in [3.63, 3.8) is 0 Å². The van der Waals surface area contributed by atoms with Crippen LogP contribution in [0.1, 0.15) is 24.6 Å². The van der Waals surface area contributed by atoms with E-state index in [9.17, 15) is 4.79 Å². The van der Waals surface area contributed by atoms with Gasteiger partial charge in [0.2, 0.25) is 0 Å². The zero-order valence-corrected chi connectivity index (χ0v) is 15.7. The van der Waals surface area contributed by atoms with E-state index in [-0.39, 0.29) is 18.6 Å². The highest BCUT2D eigenvalue weighted by Crippen LogP contribution is 2.35. The molecule has 0 unspecified atom stereocenters. The molecule has 7 heteroatoms. The molecule has 2 aromatic heterocycles. The number of carbonyl (C=O) groups excluding carboxylic acids is 1. The number of amides is 1. The van der Waals surface area contributed by atoms with E-state index in [1.54, 1.807) is 29.4 Å². The van der Waals surface area contributed by atoms with Gasteiger partial charge < -0.3 is 9.64 Å². The first-order valence-corrected chi connectivity index (χ1v) is 9.01. The quantitative estimate of drug-likeness (QED) is 0.788. The largest absolute Gasteiger partial charge is 0.482 e. The zero-order valence-electron chi connectivity index (χ0n) is 15.7. The van der Waals surface area contributed by atoms with Crippen LogP contribution in [-0.4, -0.2) is 64.3 Å². The van der Waals surface area contributed by atoms with Gasteiger partial charge in [0.1, 0.15) is 5.75 Å². The Morgan fingerprint density at radius 1 is 1.35 bits per heavy atom. The van der Waals surface area contributed by atoms with Crippen LogP contribution >= 0.6 is 0 Å². The molecule has 0 radical (unpaired) electrons. The summed E-state index contributed by atoms with van der Waals surface area (Å²) >= 11 is 0. The number of rotatable bonds is 6. The van der Waals surface area contributed by atoms with Crippen LogP contribution in [0.4, 0.5) is 0 Å². The average Bonchev–Trinajstić information content (AvgIpc) is 3.06. The third-order valence-electron chi connectivity index (χ3n) is 5.10. The lowest BCUT2D eigenvalue weighted by Gasteiger charge is -2.40. The van der Waals surface area contributed by atoms with E-state index in [0.717, 1.165) is 19.4 Å². The molecule has 0 saturated carbocycles. The van der Waals surface area contributed by atoms with Gasteiger partial charge in [0.05, 0.1) is 17.9 Å².